The lowest BCUT2D eigenvalue weighted by Crippen LogP contribution is -2.21. The highest BCUT2D eigenvalue weighted by atomic mass is 19.3. The number of aliphatic hydroxyl groups excluding tert-OH is 1. The molecule has 218 valence electrons. The van der Waals surface area contributed by atoms with Crippen LogP contribution in [0.1, 0.15) is 54.4 Å². The molecular formula is C32H33F2N5O3. The summed E-state index contributed by atoms with van der Waals surface area (Å²) in [5.41, 5.74) is 10.1. The third kappa shape index (κ3) is 5.89. The van der Waals surface area contributed by atoms with Gasteiger partial charge in [-0.25, -0.2) is 13.8 Å². The molecule has 0 radical (unpaired) electrons. The van der Waals surface area contributed by atoms with Gasteiger partial charge < -0.3 is 20.1 Å². The number of carbonyl (C=O) groups is 1. The van der Waals surface area contributed by atoms with Gasteiger partial charge in [0.25, 0.3) is 5.92 Å². The molecule has 1 unspecified atom stereocenters. The molecule has 0 fully saturated rings. The minimum absolute atomic E-state index is 0.0469. The van der Waals surface area contributed by atoms with Gasteiger partial charge >= 0.3 is 0 Å². The van der Waals surface area contributed by atoms with E-state index in [2.05, 4.69) is 13.8 Å². The van der Waals surface area contributed by atoms with Crippen LogP contribution in [-0.2, 0) is 13.6 Å². The van der Waals surface area contributed by atoms with Crippen LogP contribution in [0.3, 0.4) is 0 Å². The van der Waals surface area contributed by atoms with Gasteiger partial charge in [0.15, 0.2) is 6.61 Å². The molecule has 3 N–H and O–H groups in total. The van der Waals surface area contributed by atoms with Crippen LogP contribution in [0.4, 0.5) is 8.78 Å². The van der Waals surface area contributed by atoms with Gasteiger partial charge in [0.1, 0.15) is 11.6 Å². The summed E-state index contributed by atoms with van der Waals surface area (Å²) in [7, 11) is 1.86. The molecule has 0 bridgehead atoms. The van der Waals surface area contributed by atoms with Crippen molar-refractivity contribution in [2.45, 2.75) is 45.3 Å². The molecule has 2 aromatic heterocycles. The third-order valence-corrected chi connectivity index (χ3v) is 7.07. The largest absolute Gasteiger partial charge is 0.487 e. The number of imidazole rings is 1. The van der Waals surface area contributed by atoms with E-state index in [-0.39, 0.29) is 23.8 Å². The third-order valence-electron chi connectivity index (χ3n) is 7.07. The summed E-state index contributed by atoms with van der Waals surface area (Å²) in [5.74, 6) is -3.16. The van der Waals surface area contributed by atoms with E-state index in [4.69, 9.17) is 20.6 Å². The Labute approximate surface area is 242 Å². The monoisotopic (exact) mass is 573 g/mol. The Kier molecular flexibility index (Phi) is 7.83. The lowest BCUT2D eigenvalue weighted by Gasteiger charge is -2.16. The maximum atomic E-state index is 13.7. The van der Waals surface area contributed by atoms with Crippen LogP contribution in [0.15, 0.2) is 72.9 Å². The standard InChI is InChI=1S/C32H33F2N5O3/c1-19(2)29-28(22-11-8-12-25-24(22)16-39(37-25)17-26(40)20-9-6-5-7-10-20)36-31(38(29)4)23-14-13-21(30(35)41)15-27(23)42-18-32(3,33)34/h5-16,19,26,40H,17-18H2,1-4H3,(H2,35,41). The second-order valence-electron chi connectivity index (χ2n) is 10.8. The summed E-state index contributed by atoms with van der Waals surface area (Å²) in [4.78, 5) is 16.9. The van der Waals surface area contributed by atoms with Crippen molar-refractivity contribution in [1.82, 2.24) is 19.3 Å². The Morgan fingerprint density at radius 2 is 1.81 bits per heavy atom. The molecule has 8 nitrogen and oxygen atoms in total. The summed E-state index contributed by atoms with van der Waals surface area (Å²) in [6.07, 6.45) is 1.17. The number of hydrogen-bond acceptors (Lipinski definition) is 5. The van der Waals surface area contributed by atoms with E-state index < -0.39 is 24.5 Å². The number of aliphatic hydroxyl groups is 1. The van der Waals surface area contributed by atoms with Gasteiger partial charge in [-0.2, -0.15) is 5.10 Å². The Hall–Kier alpha value is -4.57. The number of alkyl halides is 2. The average Bonchev–Trinajstić information content (AvgIpc) is 3.51. The number of ether oxygens (including phenoxy) is 1. The lowest BCUT2D eigenvalue weighted by molar-refractivity contribution is -0.0228. The van der Waals surface area contributed by atoms with Crippen molar-refractivity contribution < 1.29 is 23.4 Å². The van der Waals surface area contributed by atoms with Gasteiger partial charge in [-0.05, 0) is 35.7 Å². The fourth-order valence-corrected chi connectivity index (χ4v) is 5.15. The molecule has 5 aromatic rings. The predicted molar refractivity (Wildman–Crippen MR) is 157 cm³/mol. The van der Waals surface area contributed by atoms with E-state index >= 15 is 0 Å². The molecule has 0 aliphatic carbocycles. The second kappa shape index (κ2) is 11.4. The van der Waals surface area contributed by atoms with Crippen LogP contribution in [0.5, 0.6) is 5.75 Å². The molecule has 2 heterocycles. The number of fused-ring (bicyclic) bond motifs is 1. The van der Waals surface area contributed by atoms with E-state index in [1.54, 1.807) is 10.7 Å². The summed E-state index contributed by atoms with van der Waals surface area (Å²) in [6, 6.07) is 19.7. The number of nitrogens with two attached hydrogens (primary N) is 1. The quantitative estimate of drug-likeness (QED) is 0.210. The molecule has 3 aromatic carbocycles. The van der Waals surface area contributed by atoms with Crippen LogP contribution in [0.2, 0.25) is 0 Å². The van der Waals surface area contributed by atoms with Crippen molar-refractivity contribution in [2.24, 2.45) is 12.8 Å². The van der Waals surface area contributed by atoms with Gasteiger partial charge in [-0.1, -0.05) is 56.3 Å². The first kappa shape index (κ1) is 28.9. The van der Waals surface area contributed by atoms with Crippen LogP contribution in [-0.4, -0.2) is 42.9 Å². The first-order valence-electron chi connectivity index (χ1n) is 13.6. The highest BCUT2D eigenvalue weighted by Gasteiger charge is 2.27. The van der Waals surface area contributed by atoms with Gasteiger partial charge in [0.05, 0.1) is 29.4 Å². The highest BCUT2D eigenvalue weighted by molar-refractivity contribution is 5.95. The fraction of sp³-hybridized carbons (Fsp3) is 0.281. The maximum Gasteiger partial charge on any atom is 0.278 e. The van der Waals surface area contributed by atoms with Crippen molar-refractivity contribution >= 4 is 16.8 Å². The summed E-state index contributed by atoms with van der Waals surface area (Å²) < 4.78 is 36.6. The molecule has 1 atom stereocenters. The number of rotatable bonds is 10. The average molecular weight is 574 g/mol. The van der Waals surface area contributed by atoms with Gasteiger partial charge in [0.2, 0.25) is 5.91 Å². The summed E-state index contributed by atoms with van der Waals surface area (Å²) in [6.45, 7) is 4.27. The van der Waals surface area contributed by atoms with Gasteiger partial charge in [-0.3, -0.25) is 9.48 Å². The van der Waals surface area contributed by atoms with E-state index in [0.29, 0.717) is 17.1 Å². The molecule has 5 rings (SSSR count). The Balaban J connectivity index is 1.61. The van der Waals surface area contributed by atoms with Gasteiger partial charge in [0, 0.05) is 42.4 Å². The molecule has 1 amide bonds. The zero-order chi connectivity index (χ0) is 30.2. The Bertz CT molecular complexity index is 1740. The van der Waals surface area contributed by atoms with Crippen LogP contribution < -0.4 is 10.5 Å². The van der Waals surface area contributed by atoms with Crippen molar-refractivity contribution in [3.8, 4) is 28.4 Å². The van der Waals surface area contributed by atoms with Crippen molar-refractivity contribution in [1.29, 1.82) is 0 Å². The first-order valence-corrected chi connectivity index (χ1v) is 13.6. The van der Waals surface area contributed by atoms with Crippen LogP contribution in [0.25, 0.3) is 33.5 Å². The number of primary amides is 1. The molecule has 0 saturated carbocycles. The predicted octanol–water partition coefficient (Wildman–Crippen LogP) is 6.09. The SMILES string of the molecule is CC(C)c1c(-c2cccc3nn(CC(O)c4ccccc4)cc23)nc(-c2ccc(C(N)=O)cc2OCC(C)(F)F)n1C. The molecule has 0 aliphatic rings. The van der Waals surface area contributed by atoms with E-state index in [1.807, 2.05) is 66.3 Å². The van der Waals surface area contributed by atoms with E-state index in [1.165, 1.54) is 12.1 Å². The van der Waals surface area contributed by atoms with Crippen LogP contribution >= 0.6 is 0 Å². The minimum Gasteiger partial charge on any atom is -0.487 e. The number of aromatic nitrogens is 4. The highest BCUT2D eigenvalue weighted by Crippen LogP contribution is 2.39. The van der Waals surface area contributed by atoms with Crippen molar-refractivity contribution in [3.63, 3.8) is 0 Å². The van der Waals surface area contributed by atoms with Gasteiger partial charge in [-0.15, -0.1) is 0 Å². The molecule has 42 heavy (non-hydrogen) atoms. The number of benzene rings is 3. The molecule has 0 spiro atoms. The smallest absolute Gasteiger partial charge is 0.278 e. The van der Waals surface area contributed by atoms with Crippen LogP contribution in [0, 0.1) is 0 Å². The number of hydrogen-bond donors (Lipinski definition) is 2. The molecule has 0 aliphatic heterocycles. The number of nitrogens with zero attached hydrogens (tertiary/aromatic N) is 4. The Morgan fingerprint density at radius 3 is 2.48 bits per heavy atom. The zero-order valence-electron chi connectivity index (χ0n) is 23.9. The number of amides is 1. The number of halogens is 2. The normalized spacial score (nSPS) is 12.7. The first-order chi connectivity index (χ1) is 19.9. The molecule has 10 heteroatoms. The zero-order valence-corrected chi connectivity index (χ0v) is 23.9. The Morgan fingerprint density at radius 1 is 1.07 bits per heavy atom. The molecule has 0 saturated heterocycles. The summed E-state index contributed by atoms with van der Waals surface area (Å²) in [5, 5.41) is 16.3. The van der Waals surface area contributed by atoms with Crippen molar-refractivity contribution in [2.75, 3.05) is 6.61 Å². The summed E-state index contributed by atoms with van der Waals surface area (Å²) >= 11 is 0. The number of carbonyl (C=O) groups excluding carboxylic acids is 1. The maximum absolute atomic E-state index is 13.7. The minimum atomic E-state index is -3.08. The van der Waals surface area contributed by atoms with E-state index in [9.17, 15) is 18.7 Å². The molecular weight excluding hydrogens is 540 g/mol. The second-order valence-corrected chi connectivity index (χ2v) is 10.8. The van der Waals surface area contributed by atoms with Crippen molar-refractivity contribution in [3.05, 3.63) is 89.7 Å². The fourth-order valence-electron chi connectivity index (χ4n) is 5.15. The van der Waals surface area contributed by atoms with E-state index in [0.717, 1.165) is 34.6 Å². The topological polar surface area (TPSA) is 108 Å². The lowest BCUT2D eigenvalue weighted by atomic mass is 10.0.